The molecule has 1 aliphatic rings. The smallest absolute Gasteiger partial charge is 0.335 e. The van der Waals surface area contributed by atoms with Crippen molar-refractivity contribution in [1.29, 1.82) is 0 Å². The lowest BCUT2D eigenvalue weighted by molar-refractivity contribution is 0.0696. The molecule has 5 heteroatoms. The Labute approximate surface area is 218 Å². The lowest BCUT2D eigenvalue weighted by Crippen LogP contribution is -2.30. The molecule has 2 N–H and O–H groups in total. The van der Waals surface area contributed by atoms with Gasteiger partial charge in [-0.2, -0.15) is 0 Å². The molecule has 0 aliphatic carbocycles. The first-order valence-corrected chi connectivity index (χ1v) is 12.4. The summed E-state index contributed by atoms with van der Waals surface area (Å²) in [6.45, 7) is 3.64. The number of benzene rings is 4. The van der Waals surface area contributed by atoms with Crippen molar-refractivity contribution in [2.45, 2.75) is 38.2 Å². The van der Waals surface area contributed by atoms with Crippen molar-refractivity contribution >= 4 is 29.1 Å². The molecule has 4 aromatic rings. The molecule has 1 aliphatic heterocycles. The molecule has 0 bridgehead atoms. The number of hydrogen-bond acceptors (Lipinski definition) is 3. The molecular weight excluding hydrogens is 470 g/mol. The summed E-state index contributed by atoms with van der Waals surface area (Å²) in [5, 5.41) is 15.8. The SMILES string of the molecule is Cc1ccc(C2CC(CCNCCc3cccc4ccccc34)Oc3ccccc32)cc1C(=O)O.Cl. The number of carboxylic acids is 1. The van der Waals surface area contributed by atoms with Gasteiger partial charge in [0.2, 0.25) is 0 Å². The van der Waals surface area contributed by atoms with Crippen LogP contribution in [0.3, 0.4) is 0 Å². The number of nitrogens with one attached hydrogen (secondary N) is 1. The Balaban J connectivity index is 0.00000304. The van der Waals surface area contributed by atoms with E-state index in [9.17, 15) is 9.90 Å². The van der Waals surface area contributed by atoms with Crippen LogP contribution in [0.2, 0.25) is 0 Å². The zero-order chi connectivity index (χ0) is 24.2. The molecule has 0 saturated heterocycles. The summed E-state index contributed by atoms with van der Waals surface area (Å²) >= 11 is 0. The van der Waals surface area contributed by atoms with Crippen LogP contribution < -0.4 is 10.1 Å². The summed E-state index contributed by atoms with van der Waals surface area (Å²) in [6, 6.07) is 29.0. The van der Waals surface area contributed by atoms with Gasteiger partial charge in [-0.15, -0.1) is 12.4 Å². The van der Waals surface area contributed by atoms with Crippen LogP contribution in [0, 0.1) is 6.92 Å². The van der Waals surface area contributed by atoms with Crippen molar-refractivity contribution in [2.24, 2.45) is 0 Å². The predicted molar refractivity (Wildman–Crippen MR) is 148 cm³/mol. The van der Waals surface area contributed by atoms with Crippen LogP contribution in [0.25, 0.3) is 10.8 Å². The van der Waals surface area contributed by atoms with E-state index >= 15 is 0 Å². The first kappa shape index (κ1) is 25.7. The summed E-state index contributed by atoms with van der Waals surface area (Å²) in [5.41, 5.74) is 4.70. The predicted octanol–water partition coefficient (Wildman–Crippen LogP) is 6.77. The van der Waals surface area contributed by atoms with Crippen molar-refractivity contribution < 1.29 is 14.6 Å². The molecule has 4 aromatic carbocycles. The quantitative estimate of drug-likeness (QED) is 0.261. The van der Waals surface area contributed by atoms with Gasteiger partial charge in [-0.3, -0.25) is 0 Å². The third-order valence-electron chi connectivity index (χ3n) is 7.08. The van der Waals surface area contributed by atoms with Gasteiger partial charge in [0.15, 0.2) is 0 Å². The number of halogens is 1. The maximum absolute atomic E-state index is 11.7. The highest BCUT2D eigenvalue weighted by Crippen LogP contribution is 2.41. The molecule has 0 aromatic heterocycles. The molecule has 36 heavy (non-hydrogen) atoms. The van der Waals surface area contributed by atoms with Gasteiger partial charge in [0.25, 0.3) is 0 Å². The second-order valence-electron chi connectivity index (χ2n) is 9.37. The van der Waals surface area contributed by atoms with Crippen molar-refractivity contribution in [3.8, 4) is 5.75 Å². The Kier molecular flexibility index (Phi) is 8.29. The Bertz CT molecular complexity index is 1350. The van der Waals surface area contributed by atoms with Crippen LogP contribution in [-0.4, -0.2) is 30.3 Å². The fourth-order valence-corrected chi connectivity index (χ4v) is 5.19. The van der Waals surface area contributed by atoms with E-state index in [0.717, 1.165) is 54.8 Å². The van der Waals surface area contributed by atoms with Gasteiger partial charge < -0.3 is 15.2 Å². The fraction of sp³-hybridized carbons (Fsp3) is 0.258. The number of para-hydroxylation sites is 1. The summed E-state index contributed by atoms with van der Waals surface area (Å²) in [5.74, 6) is 0.151. The molecular formula is C31H32ClNO3. The van der Waals surface area contributed by atoms with Crippen LogP contribution in [0.15, 0.2) is 84.9 Å². The number of aryl methyl sites for hydroxylation is 1. The van der Waals surface area contributed by atoms with Gasteiger partial charge in [0.05, 0.1) is 5.56 Å². The molecule has 0 spiro atoms. The van der Waals surface area contributed by atoms with Gasteiger partial charge in [-0.1, -0.05) is 72.8 Å². The Hall–Kier alpha value is -3.34. The lowest BCUT2D eigenvalue weighted by Gasteiger charge is -2.33. The number of rotatable bonds is 8. The molecule has 0 saturated carbocycles. The van der Waals surface area contributed by atoms with E-state index in [1.807, 2.05) is 37.3 Å². The number of fused-ring (bicyclic) bond motifs is 2. The number of ether oxygens (including phenoxy) is 1. The van der Waals surface area contributed by atoms with Crippen LogP contribution in [0.4, 0.5) is 0 Å². The van der Waals surface area contributed by atoms with E-state index in [0.29, 0.717) is 5.56 Å². The van der Waals surface area contributed by atoms with Gasteiger partial charge in [0, 0.05) is 11.5 Å². The number of carbonyl (C=O) groups is 1. The van der Waals surface area contributed by atoms with Crippen LogP contribution in [0.5, 0.6) is 5.75 Å². The lowest BCUT2D eigenvalue weighted by atomic mass is 9.82. The minimum Gasteiger partial charge on any atom is -0.490 e. The van der Waals surface area contributed by atoms with Gasteiger partial charge in [-0.05, 0) is 78.9 Å². The number of hydrogen-bond donors (Lipinski definition) is 2. The number of carboxylic acid groups (broad SMARTS) is 1. The minimum atomic E-state index is -0.878. The van der Waals surface area contributed by atoms with Crippen molar-refractivity contribution in [2.75, 3.05) is 13.1 Å². The highest BCUT2D eigenvalue weighted by molar-refractivity contribution is 5.89. The topological polar surface area (TPSA) is 58.6 Å². The standard InChI is InChI=1S/C31H31NO3.ClH/c1-21-13-14-24(19-28(21)31(33)34)29-20-25(35-30-12-5-4-11-27(29)30)16-18-32-17-15-23-9-6-8-22-7-2-3-10-26(22)23;/h2-14,19,25,29,32H,15-18,20H2,1H3,(H,33,34);1H. The van der Waals surface area contributed by atoms with Crippen molar-refractivity contribution in [3.05, 3.63) is 113 Å². The van der Waals surface area contributed by atoms with E-state index in [-0.39, 0.29) is 24.4 Å². The Morgan fingerprint density at radius 2 is 1.75 bits per heavy atom. The molecule has 0 radical (unpaired) electrons. The molecule has 2 atom stereocenters. The number of aromatic carboxylic acids is 1. The van der Waals surface area contributed by atoms with Crippen molar-refractivity contribution in [3.63, 3.8) is 0 Å². The Morgan fingerprint density at radius 3 is 2.61 bits per heavy atom. The highest BCUT2D eigenvalue weighted by Gasteiger charge is 2.29. The van der Waals surface area contributed by atoms with Gasteiger partial charge in [-0.25, -0.2) is 4.79 Å². The molecule has 186 valence electrons. The molecule has 4 nitrogen and oxygen atoms in total. The van der Waals surface area contributed by atoms with E-state index in [1.54, 1.807) is 0 Å². The fourth-order valence-electron chi connectivity index (χ4n) is 5.19. The van der Waals surface area contributed by atoms with E-state index in [4.69, 9.17) is 4.74 Å². The normalized spacial score (nSPS) is 16.6. The van der Waals surface area contributed by atoms with Crippen LogP contribution in [-0.2, 0) is 6.42 Å². The summed E-state index contributed by atoms with van der Waals surface area (Å²) in [6.07, 6.45) is 2.80. The third kappa shape index (κ3) is 5.56. The Morgan fingerprint density at radius 1 is 0.972 bits per heavy atom. The van der Waals surface area contributed by atoms with Crippen molar-refractivity contribution in [1.82, 2.24) is 5.32 Å². The monoisotopic (exact) mass is 501 g/mol. The molecule has 2 unspecified atom stereocenters. The average molecular weight is 502 g/mol. The molecule has 5 rings (SSSR count). The average Bonchev–Trinajstić information content (AvgIpc) is 2.88. The zero-order valence-corrected chi connectivity index (χ0v) is 21.3. The van der Waals surface area contributed by atoms with E-state index in [2.05, 4.69) is 59.9 Å². The first-order valence-electron chi connectivity index (χ1n) is 12.4. The first-order chi connectivity index (χ1) is 17.1. The summed E-state index contributed by atoms with van der Waals surface area (Å²) in [4.78, 5) is 11.7. The highest BCUT2D eigenvalue weighted by atomic mass is 35.5. The third-order valence-corrected chi connectivity index (χ3v) is 7.08. The molecule has 1 heterocycles. The second kappa shape index (κ2) is 11.6. The minimum absolute atomic E-state index is 0. The van der Waals surface area contributed by atoms with E-state index < -0.39 is 5.97 Å². The summed E-state index contributed by atoms with van der Waals surface area (Å²) < 4.78 is 6.35. The maximum Gasteiger partial charge on any atom is 0.335 e. The van der Waals surface area contributed by atoms with Crippen LogP contribution >= 0.6 is 12.4 Å². The van der Waals surface area contributed by atoms with Gasteiger partial charge >= 0.3 is 5.97 Å². The largest absolute Gasteiger partial charge is 0.490 e. The van der Waals surface area contributed by atoms with Crippen LogP contribution in [0.1, 0.15) is 51.4 Å². The maximum atomic E-state index is 11.7. The van der Waals surface area contributed by atoms with Gasteiger partial charge in [0.1, 0.15) is 11.9 Å². The summed E-state index contributed by atoms with van der Waals surface area (Å²) in [7, 11) is 0. The zero-order valence-electron chi connectivity index (χ0n) is 20.4. The molecule has 0 fully saturated rings. The van der Waals surface area contributed by atoms with E-state index in [1.165, 1.54) is 16.3 Å². The molecule has 0 amide bonds. The second-order valence-corrected chi connectivity index (χ2v) is 9.37.